The van der Waals surface area contributed by atoms with Crippen molar-refractivity contribution in [3.8, 4) is 0 Å². The highest BCUT2D eigenvalue weighted by Crippen LogP contribution is 2.29. The summed E-state index contributed by atoms with van der Waals surface area (Å²) < 4.78 is 21.1. The Bertz CT molecular complexity index is 1390. The monoisotopic (exact) mass is 576 g/mol. The fourth-order valence-corrected chi connectivity index (χ4v) is 4.93. The molecule has 1 aliphatic carbocycles. The van der Waals surface area contributed by atoms with E-state index in [9.17, 15) is 9.59 Å². The smallest absolute Gasteiger partial charge is 0.407 e. The number of hydrogen-bond acceptors (Lipinski definition) is 7. The van der Waals surface area contributed by atoms with E-state index in [-0.39, 0.29) is 29.3 Å². The number of aromatic nitrogens is 2. The Morgan fingerprint density at radius 2 is 1.64 bits per heavy atom. The van der Waals surface area contributed by atoms with Crippen molar-refractivity contribution in [3.05, 3.63) is 77.4 Å². The van der Waals surface area contributed by atoms with Gasteiger partial charge in [-0.2, -0.15) is 0 Å². The van der Waals surface area contributed by atoms with Gasteiger partial charge in [0.1, 0.15) is 11.4 Å². The fourth-order valence-electron chi connectivity index (χ4n) is 4.93. The summed E-state index contributed by atoms with van der Waals surface area (Å²) in [5.74, 6) is -0.990. The first-order valence-corrected chi connectivity index (χ1v) is 14.3. The molecule has 224 valence electrons. The molecule has 10 heteroatoms. The van der Waals surface area contributed by atoms with Gasteiger partial charge in [0.2, 0.25) is 0 Å². The fraction of sp³-hybridized carbons (Fsp3) is 0.438. The molecule has 1 fully saturated rings. The molecule has 0 saturated heterocycles. The van der Waals surface area contributed by atoms with Crippen molar-refractivity contribution < 1.29 is 18.7 Å². The molecule has 1 aliphatic rings. The van der Waals surface area contributed by atoms with Crippen molar-refractivity contribution in [2.45, 2.75) is 90.4 Å². The molecule has 9 nitrogen and oxygen atoms in total. The molecule has 2 amide bonds. The van der Waals surface area contributed by atoms with E-state index >= 15 is 4.39 Å². The highest BCUT2D eigenvalue weighted by atomic mass is 19.1. The standard InChI is InChI=1S/C32H41FN6O3/c1-20-16-17-22(19-34-20)35-27-23(29(40)39-32(5,6)21-12-8-7-9-13-21)18-24(33)28(38-27)36-25-14-10-11-15-26(25)37-30(41)42-31(2,3)4/h7-9,12-13,16-19,25-26H,10-11,14-15H2,1-6H3,(H,37,41)(H,39,40)(H2,35,36,38)/t25-,26+/m0/s1. The van der Waals surface area contributed by atoms with Crippen LogP contribution in [0.25, 0.3) is 0 Å². The number of benzene rings is 1. The van der Waals surface area contributed by atoms with Crippen molar-refractivity contribution in [2.75, 3.05) is 10.6 Å². The van der Waals surface area contributed by atoms with Gasteiger partial charge in [-0.1, -0.05) is 43.2 Å². The third-order valence-electron chi connectivity index (χ3n) is 7.11. The lowest BCUT2D eigenvalue weighted by Crippen LogP contribution is -2.50. The zero-order valence-electron chi connectivity index (χ0n) is 25.2. The first kappa shape index (κ1) is 30.7. The molecule has 4 rings (SSSR count). The number of nitrogens with zero attached hydrogens (tertiary/aromatic N) is 2. The molecule has 0 aliphatic heterocycles. The van der Waals surface area contributed by atoms with Crippen molar-refractivity contribution in [3.63, 3.8) is 0 Å². The number of pyridine rings is 2. The van der Waals surface area contributed by atoms with Gasteiger partial charge in [-0.15, -0.1) is 0 Å². The molecule has 42 heavy (non-hydrogen) atoms. The lowest BCUT2D eigenvalue weighted by atomic mass is 9.90. The van der Waals surface area contributed by atoms with Gasteiger partial charge in [0, 0.05) is 11.7 Å². The largest absolute Gasteiger partial charge is 0.444 e. The minimum Gasteiger partial charge on any atom is -0.444 e. The number of rotatable bonds is 8. The lowest BCUT2D eigenvalue weighted by molar-refractivity contribution is 0.0488. The van der Waals surface area contributed by atoms with E-state index < -0.39 is 29.0 Å². The van der Waals surface area contributed by atoms with Gasteiger partial charge in [0.25, 0.3) is 5.91 Å². The molecular formula is C32H41FN6O3. The van der Waals surface area contributed by atoms with Crippen LogP contribution in [-0.2, 0) is 10.3 Å². The third kappa shape index (κ3) is 8.18. The minimum absolute atomic E-state index is 0.0145. The predicted octanol–water partition coefficient (Wildman–Crippen LogP) is 6.58. The molecule has 0 radical (unpaired) electrons. The summed E-state index contributed by atoms with van der Waals surface area (Å²) in [5.41, 5.74) is 1.03. The van der Waals surface area contributed by atoms with Crippen LogP contribution in [0.3, 0.4) is 0 Å². The molecule has 0 bridgehead atoms. The second-order valence-corrected chi connectivity index (χ2v) is 12.3. The molecule has 4 N–H and O–H groups in total. The molecule has 1 saturated carbocycles. The van der Waals surface area contributed by atoms with Crippen LogP contribution in [0.1, 0.15) is 81.9 Å². The van der Waals surface area contributed by atoms with Crippen molar-refractivity contribution >= 4 is 29.3 Å². The number of halogens is 1. The minimum atomic E-state index is -0.725. The van der Waals surface area contributed by atoms with Crippen LogP contribution in [0.5, 0.6) is 0 Å². The highest BCUT2D eigenvalue weighted by molar-refractivity contribution is 6.00. The van der Waals surface area contributed by atoms with Gasteiger partial charge in [-0.3, -0.25) is 9.78 Å². The van der Waals surface area contributed by atoms with E-state index in [4.69, 9.17) is 4.74 Å². The molecule has 2 heterocycles. The van der Waals surface area contributed by atoms with Crippen molar-refractivity contribution in [1.82, 2.24) is 20.6 Å². The Hall–Kier alpha value is -4.21. The molecule has 0 spiro atoms. The van der Waals surface area contributed by atoms with Crippen LogP contribution < -0.4 is 21.3 Å². The normalized spacial score (nSPS) is 17.2. The first-order valence-electron chi connectivity index (χ1n) is 14.3. The Labute approximate surface area is 247 Å². The summed E-state index contributed by atoms with van der Waals surface area (Å²) >= 11 is 0. The third-order valence-corrected chi connectivity index (χ3v) is 7.11. The van der Waals surface area contributed by atoms with Gasteiger partial charge in [0.05, 0.1) is 29.0 Å². The lowest BCUT2D eigenvalue weighted by Gasteiger charge is -2.34. The molecule has 2 atom stereocenters. The number of carbonyl (C=O) groups is 2. The number of amides is 2. The number of aryl methyl sites for hydroxylation is 1. The summed E-state index contributed by atoms with van der Waals surface area (Å²) in [6.07, 6.45) is 4.38. The van der Waals surface area contributed by atoms with E-state index in [0.29, 0.717) is 18.5 Å². The Balaban J connectivity index is 1.62. The zero-order chi connectivity index (χ0) is 30.5. The van der Waals surface area contributed by atoms with Crippen molar-refractivity contribution in [2.24, 2.45) is 0 Å². The number of nitrogens with one attached hydrogen (secondary N) is 4. The second-order valence-electron chi connectivity index (χ2n) is 12.3. The summed E-state index contributed by atoms with van der Waals surface area (Å²) in [6.45, 7) is 11.1. The maximum Gasteiger partial charge on any atom is 0.407 e. The van der Waals surface area contributed by atoms with Gasteiger partial charge in [-0.25, -0.2) is 14.2 Å². The Morgan fingerprint density at radius 3 is 2.29 bits per heavy atom. The van der Waals surface area contributed by atoms with Crippen LogP contribution in [0.4, 0.5) is 26.5 Å². The van der Waals surface area contributed by atoms with Gasteiger partial charge in [0.15, 0.2) is 11.6 Å². The van der Waals surface area contributed by atoms with E-state index in [1.54, 1.807) is 27.0 Å². The summed E-state index contributed by atoms with van der Waals surface area (Å²) in [4.78, 5) is 34.9. The number of anilines is 3. The Morgan fingerprint density at radius 1 is 0.952 bits per heavy atom. The maximum atomic E-state index is 15.6. The predicted molar refractivity (Wildman–Crippen MR) is 162 cm³/mol. The molecule has 3 aromatic rings. The van der Waals surface area contributed by atoms with Gasteiger partial charge >= 0.3 is 6.09 Å². The van der Waals surface area contributed by atoms with Gasteiger partial charge in [-0.05, 0) is 78.1 Å². The number of ether oxygens (including phenoxy) is 1. The maximum absolute atomic E-state index is 15.6. The van der Waals surface area contributed by atoms with Crippen LogP contribution in [0.2, 0.25) is 0 Å². The number of carbonyl (C=O) groups excluding carboxylic acids is 2. The van der Waals surface area contributed by atoms with E-state index in [1.807, 2.05) is 63.2 Å². The van der Waals surface area contributed by atoms with E-state index in [0.717, 1.165) is 24.1 Å². The highest BCUT2D eigenvalue weighted by Gasteiger charge is 2.31. The topological polar surface area (TPSA) is 117 Å². The van der Waals surface area contributed by atoms with E-state index in [2.05, 4.69) is 31.2 Å². The number of hydrogen-bond donors (Lipinski definition) is 4. The van der Waals surface area contributed by atoms with E-state index in [1.165, 1.54) is 6.07 Å². The SMILES string of the molecule is Cc1ccc(Nc2nc(N[C@H]3CCCC[C@H]3NC(=O)OC(C)(C)C)c(F)cc2C(=O)NC(C)(C)c2ccccc2)cn1. The average Bonchev–Trinajstić information content (AvgIpc) is 2.92. The molecule has 1 aromatic carbocycles. The quantitative estimate of drug-likeness (QED) is 0.239. The van der Waals surface area contributed by atoms with Crippen LogP contribution in [0, 0.1) is 12.7 Å². The Kier molecular flexibility index (Phi) is 9.33. The number of alkyl carbamates (subject to hydrolysis) is 1. The second kappa shape index (κ2) is 12.8. The van der Waals surface area contributed by atoms with Crippen LogP contribution >= 0.6 is 0 Å². The summed E-state index contributed by atoms with van der Waals surface area (Å²) in [5, 5.41) is 12.3. The molecular weight excluding hydrogens is 535 g/mol. The average molecular weight is 577 g/mol. The van der Waals surface area contributed by atoms with Crippen LogP contribution in [0.15, 0.2) is 54.7 Å². The van der Waals surface area contributed by atoms with Gasteiger partial charge < -0.3 is 26.0 Å². The molecule has 0 unspecified atom stereocenters. The first-order chi connectivity index (χ1) is 19.8. The van der Waals surface area contributed by atoms with Crippen LogP contribution in [-0.4, -0.2) is 39.7 Å². The molecule has 2 aromatic heterocycles. The summed E-state index contributed by atoms with van der Waals surface area (Å²) in [6, 6.07) is 13.8. The zero-order valence-corrected chi connectivity index (χ0v) is 25.2. The summed E-state index contributed by atoms with van der Waals surface area (Å²) in [7, 11) is 0. The van der Waals surface area contributed by atoms with Crippen molar-refractivity contribution in [1.29, 1.82) is 0 Å².